The van der Waals surface area contributed by atoms with E-state index in [1.165, 1.54) is 11.3 Å². The molecule has 18 heavy (non-hydrogen) atoms. The van der Waals surface area contributed by atoms with Gasteiger partial charge in [-0.2, -0.15) is 0 Å². The van der Waals surface area contributed by atoms with Gasteiger partial charge in [0.15, 0.2) is 5.65 Å². The fraction of sp³-hybridized carbons (Fsp3) is 0.0833. The molecule has 3 heterocycles. The number of fused-ring (bicyclic) bond motifs is 1. The van der Waals surface area contributed by atoms with Gasteiger partial charge < -0.3 is 10.1 Å². The Balaban J connectivity index is 1.88. The number of imidazole rings is 1. The lowest BCUT2D eigenvalue weighted by Gasteiger charge is -1.99. The topological polar surface area (TPSA) is 73.3 Å². The Bertz CT molecular complexity index is 716. The summed E-state index contributed by atoms with van der Waals surface area (Å²) in [5.74, 6) is -0.385. The first-order valence-electron chi connectivity index (χ1n) is 5.38. The molecule has 0 saturated heterocycles. The molecule has 2 N–H and O–H groups in total. The summed E-state index contributed by atoms with van der Waals surface area (Å²) in [6.07, 6.45) is 7.97. The summed E-state index contributed by atoms with van der Waals surface area (Å²) >= 11 is 1.40. The number of rotatable bonds is 3. The molecule has 3 aromatic rings. The van der Waals surface area contributed by atoms with Gasteiger partial charge in [0.1, 0.15) is 0 Å². The van der Waals surface area contributed by atoms with Gasteiger partial charge >= 0.3 is 0 Å². The van der Waals surface area contributed by atoms with Crippen LogP contribution in [0.25, 0.3) is 5.65 Å². The molecule has 0 fully saturated rings. The summed E-state index contributed by atoms with van der Waals surface area (Å²) in [7, 11) is 0. The van der Waals surface area contributed by atoms with Crippen molar-refractivity contribution in [2.45, 2.75) is 6.42 Å². The highest BCUT2D eigenvalue weighted by Gasteiger charge is 2.07. The molecule has 0 aliphatic heterocycles. The third-order valence-corrected chi connectivity index (χ3v) is 3.69. The van der Waals surface area contributed by atoms with Crippen molar-refractivity contribution < 1.29 is 4.79 Å². The summed E-state index contributed by atoms with van der Waals surface area (Å²) in [5.41, 5.74) is 6.98. The number of thiophene rings is 1. The van der Waals surface area contributed by atoms with E-state index in [1.54, 1.807) is 18.5 Å². The molecule has 3 aromatic heterocycles. The van der Waals surface area contributed by atoms with E-state index in [0.717, 1.165) is 16.2 Å². The number of aromatic nitrogens is 3. The SMILES string of the molecule is NC(=O)c1ccc(Cc2cn3ccnc3cn2)s1. The number of carbonyl (C=O) groups excluding carboxylic acids is 1. The van der Waals surface area contributed by atoms with E-state index >= 15 is 0 Å². The molecule has 90 valence electrons. The highest BCUT2D eigenvalue weighted by Crippen LogP contribution is 2.18. The molecule has 3 rings (SSSR count). The highest BCUT2D eigenvalue weighted by molar-refractivity contribution is 7.14. The van der Waals surface area contributed by atoms with Crippen LogP contribution in [0.4, 0.5) is 0 Å². The predicted octanol–water partition coefficient (Wildman–Crippen LogP) is 1.48. The highest BCUT2D eigenvalue weighted by atomic mass is 32.1. The van der Waals surface area contributed by atoms with Gasteiger partial charge in [-0.1, -0.05) is 0 Å². The fourth-order valence-corrected chi connectivity index (χ4v) is 2.62. The Hall–Kier alpha value is -2.21. The Morgan fingerprint density at radius 3 is 3.06 bits per heavy atom. The quantitative estimate of drug-likeness (QED) is 0.773. The van der Waals surface area contributed by atoms with Crippen LogP contribution >= 0.6 is 11.3 Å². The number of nitrogens with zero attached hydrogens (tertiary/aromatic N) is 3. The van der Waals surface area contributed by atoms with E-state index in [0.29, 0.717) is 11.3 Å². The van der Waals surface area contributed by atoms with Crippen molar-refractivity contribution in [3.63, 3.8) is 0 Å². The van der Waals surface area contributed by atoms with Gasteiger partial charge in [-0.15, -0.1) is 11.3 Å². The zero-order chi connectivity index (χ0) is 12.5. The van der Waals surface area contributed by atoms with Crippen LogP contribution in [0.3, 0.4) is 0 Å². The Morgan fingerprint density at radius 2 is 2.28 bits per heavy atom. The lowest BCUT2D eigenvalue weighted by molar-refractivity contribution is 0.100. The molecule has 0 bridgehead atoms. The molecule has 0 atom stereocenters. The molecule has 6 heteroatoms. The van der Waals surface area contributed by atoms with E-state index in [2.05, 4.69) is 9.97 Å². The maximum atomic E-state index is 11.0. The van der Waals surface area contributed by atoms with Crippen LogP contribution in [0.2, 0.25) is 0 Å². The Kier molecular flexibility index (Phi) is 2.56. The van der Waals surface area contributed by atoms with Crippen molar-refractivity contribution in [3.8, 4) is 0 Å². The normalized spacial score (nSPS) is 10.9. The number of amides is 1. The van der Waals surface area contributed by atoms with Crippen LogP contribution in [0, 0.1) is 0 Å². The molecule has 0 aliphatic carbocycles. The fourth-order valence-electron chi connectivity index (χ4n) is 1.74. The van der Waals surface area contributed by atoms with Gasteiger partial charge in [0, 0.05) is 29.9 Å². The first kappa shape index (κ1) is 10.9. The first-order valence-corrected chi connectivity index (χ1v) is 6.20. The molecule has 0 aromatic carbocycles. The van der Waals surface area contributed by atoms with Crippen molar-refractivity contribution in [3.05, 3.63) is 52.4 Å². The summed E-state index contributed by atoms with van der Waals surface area (Å²) in [6.45, 7) is 0. The van der Waals surface area contributed by atoms with Crippen molar-refractivity contribution in [2.24, 2.45) is 5.73 Å². The van der Waals surface area contributed by atoms with Gasteiger partial charge in [0.05, 0.1) is 16.8 Å². The first-order chi connectivity index (χ1) is 8.72. The van der Waals surface area contributed by atoms with Crippen LogP contribution in [0.1, 0.15) is 20.2 Å². The maximum Gasteiger partial charge on any atom is 0.258 e. The molecule has 0 saturated carbocycles. The van der Waals surface area contributed by atoms with Crippen LogP contribution in [-0.2, 0) is 6.42 Å². The van der Waals surface area contributed by atoms with Gasteiger partial charge in [0.2, 0.25) is 0 Å². The molecule has 1 amide bonds. The largest absolute Gasteiger partial charge is 0.365 e. The summed E-state index contributed by atoms with van der Waals surface area (Å²) in [4.78, 5) is 21.1. The molecule has 0 radical (unpaired) electrons. The number of hydrogen-bond acceptors (Lipinski definition) is 4. The summed E-state index contributed by atoms with van der Waals surface area (Å²) in [6, 6.07) is 3.66. The van der Waals surface area contributed by atoms with Crippen LogP contribution in [0.5, 0.6) is 0 Å². The molecule has 0 unspecified atom stereocenters. The number of nitrogens with two attached hydrogens (primary N) is 1. The van der Waals surface area contributed by atoms with Crippen molar-refractivity contribution >= 4 is 22.9 Å². The summed E-state index contributed by atoms with van der Waals surface area (Å²) in [5, 5.41) is 0. The number of primary amides is 1. The summed E-state index contributed by atoms with van der Waals surface area (Å²) < 4.78 is 1.92. The minimum absolute atomic E-state index is 0.385. The lowest BCUT2D eigenvalue weighted by atomic mass is 10.3. The third-order valence-electron chi connectivity index (χ3n) is 2.59. The van der Waals surface area contributed by atoms with E-state index in [9.17, 15) is 4.79 Å². The zero-order valence-electron chi connectivity index (χ0n) is 9.41. The van der Waals surface area contributed by atoms with Gasteiger partial charge in [0.25, 0.3) is 5.91 Å². The van der Waals surface area contributed by atoms with E-state index in [4.69, 9.17) is 5.73 Å². The molecule has 0 aliphatic rings. The second-order valence-electron chi connectivity index (χ2n) is 3.88. The lowest BCUT2D eigenvalue weighted by Crippen LogP contribution is -2.08. The number of carbonyl (C=O) groups is 1. The van der Waals surface area contributed by atoms with Crippen LogP contribution in [-0.4, -0.2) is 20.3 Å². The molecular weight excluding hydrogens is 248 g/mol. The number of hydrogen-bond donors (Lipinski definition) is 1. The Morgan fingerprint density at radius 1 is 1.39 bits per heavy atom. The van der Waals surface area contributed by atoms with E-state index < -0.39 is 0 Å². The Labute approximate surface area is 107 Å². The third kappa shape index (κ3) is 1.98. The van der Waals surface area contributed by atoms with Crippen molar-refractivity contribution in [1.82, 2.24) is 14.4 Å². The van der Waals surface area contributed by atoms with Crippen LogP contribution in [0.15, 0.2) is 36.9 Å². The van der Waals surface area contributed by atoms with Gasteiger partial charge in [-0.05, 0) is 12.1 Å². The maximum absolute atomic E-state index is 11.0. The second kappa shape index (κ2) is 4.23. The van der Waals surface area contributed by atoms with Crippen LogP contribution < -0.4 is 5.73 Å². The molecule has 5 nitrogen and oxygen atoms in total. The average Bonchev–Trinajstić information content (AvgIpc) is 2.96. The standard InChI is InChI=1S/C12H10N4OS/c13-12(17)10-2-1-9(18-10)5-8-7-16-4-3-14-11(16)6-15-8/h1-4,6-7H,5H2,(H2,13,17). The smallest absolute Gasteiger partial charge is 0.258 e. The van der Waals surface area contributed by atoms with Crippen molar-refractivity contribution in [2.75, 3.05) is 0 Å². The molecular formula is C12H10N4OS. The van der Waals surface area contributed by atoms with Crippen molar-refractivity contribution in [1.29, 1.82) is 0 Å². The van der Waals surface area contributed by atoms with E-state index in [1.807, 2.05) is 22.9 Å². The second-order valence-corrected chi connectivity index (χ2v) is 5.05. The van der Waals surface area contributed by atoms with Gasteiger partial charge in [-0.25, -0.2) is 4.98 Å². The minimum atomic E-state index is -0.385. The zero-order valence-corrected chi connectivity index (χ0v) is 10.2. The van der Waals surface area contributed by atoms with E-state index in [-0.39, 0.29) is 5.91 Å². The minimum Gasteiger partial charge on any atom is -0.365 e. The average molecular weight is 258 g/mol. The molecule has 0 spiro atoms. The monoisotopic (exact) mass is 258 g/mol. The van der Waals surface area contributed by atoms with Gasteiger partial charge in [-0.3, -0.25) is 9.78 Å². The predicted molar refractivity (Wildman–Crippen MR) is 68.6 cm³/mol.